The van der Waals surface area contributed by atoms with E-state index in [1.807, 2.05) is 26.0 Å². The van der Waals surface area contributed by atoms with Crippen LogP contribution < -0.4 is 10.6 Å². The van der Waals surface area contributed by atoms with Gasteiger partial charge in [-0.1, -0.05) is 29.0 Å². The van der Waals surface area contributed by atoms with Crippen LogP contribution >= 0.6 is 23.1 Å². The van der Waals surface area contributed by atoms with Gasteiger partial charge in [-0.3, -0.25) is 9.59 Å². The molecule has 2 aliphatic rings. The Bertz CT molecular complexity index is 1070. The van der Waals surface area contributed by atoms with Gasteiger partial charge in [0.25, 0.3) is 5.91 Å². The summed E-state index contributed by atoms with van der Waals surface area (Å²) >= 11 is 2.67. The van der Waals surface area contributed by atoms with Gasteiger partial charge in [0, 0.05) is 12.1 Å². The van der Waals surface area contributed by atoms with E-state index in [0.717, 1.165) is 42.1 Å². The number of benzene rings is 1. The molecule has 4 rings (SSSR count). The molecule has 0 bridgehead atoms. The number of aryl methyl sites for hydroxylation is 2. The second-order valence-corrected chi connectivity index (χ2v) is 10.00. The summed E-state index contributed by atoms with van der Waals surface area (Å²) in [6.07, 6.45) is 5.19. The first kappa shape index (κ1) is 21.7. The van der Waals surface area contributed by atoms with Crippen LogP contribution in [0.2, 0.25) is 0 Å². The standard InChI is InChI=1S/C22H25N5O2S2/c1-13-4-5-17(14(2)10-13)24-22-26-20(29)18(31-22)11-16-12-23-21(30-16)25-19(28)15-6-8-27(3)9-7-15/h4-5,10-12,15H,6-9H2,1-3H3,(H,23,25,28)(H,24,26,29)/b18-11-. The van der Waals surface area contributed by atoms with E-state index < -0.39 is 0 Å². The molecule has 31 heavy (non-hydrogen) atoms. The maximum absolute atomic E-state index is 12.5. The van der Waals surface area contributed by atoms with E-state index in [-0.39, 0.29) is 17.7 Å². The molecule has 2 aliphatic heterocycles. The summed E-state index contributed by atoms with van der Waals surface area (Å²) in [6, 6.07) is 6.02. The molecule has 0 aliphatic carbocycles. The molecule has 0 atom stereocenters. The van der Waals surface area contributed by atoms with E-state index >= 15 is 0 Å². The number of nitrogens with one attached hydrogen (secondary N) is 2. The molecule has 162 valence electrons. The van der Waals surface area contributed by atoms with Gasteiger partial charge in [-0.15, -0.1) is 0 Å². The van der Waals surface area contributed by atoms with Crippen LogP contribution in [-0.4, -0.2) is 47.0 Å². The van der Waals surface area contributed by atoms with Gasteiger partial charge in [0.15, 0.2) is 10.3 Å². The van der Waals surface area contributed by atoms with Crippen LogP contribution in [0, 0.1) is 19.8 Å². The second-order valence-electron chi connectivity index (χ2n) is 7.91. The number of nitrogens with zero attached hydrogens (tertiary/aromatic N) is 3. The average molecular weight is 456 g/mol. The minimum atomic E-state index is -0.182. The lowest BCUT2D eigenvalue weighted by atomic mass is 9.96. The van der Waals surface area contributed by atoms with E-state index in [0.29, 0.717) is 15.2 Å². The summed E-state index contributed by atoms with van der Waals surface area (Å²) in [5.74, 6) is -0.126. The zero-order valence-electron chi connectivity index (χ0n) is 17.8. The molecule has 1 aromatic heterocycles. The summed E-state index contributed by atoms with van der Waals surface area (Å²) < 4.78 is 0. The van der Waals surface area contributed by atoms with Crippen LogP contribution in [0.3, 0.4) is 0 Å². The molecule has 9 heteroatoms. The monoisotopic (exact) mass is 455 g/mol. The zero-order valence-corrected chi connectivity index (χ0v) is 19.4. The number of carbonyl (C=O) groups is 2. The predicted octanol–water partition coefficient (Wildman–Crippen LogP) is 3.93. The van der Waals surface area contributed by atoms with Crippen molar-refractivity contribution in [1.29, 1.82) is 0 Å². The number of carbonyl (C=O) groups excluding carboxylic acids is 2. The maximum atomic E-state index is 12.5. The molecule has 3 heterocycles. The normalized spacial score (nSPS) is 20.4. The van der Waals surface area contributed by atoms with Gasteiger partial charge in [-0.2, -0.15) is 0 Å². The number of amidine groups is 1. The van der Waals surface area contributed by atoms with E-state index in [4.69, 9.17) is 0 Å². The molecule has 2 N–H and O–H groups in total. The number of aliphatic imine (C=N–C) groups is 1. The number of hydrogen-bond donors (Lipinski definition) is 2. The lowest BCUT2D eigenvalue weighted by Crippen LogP contribution is -2.35. The third kappa shape index (κ3) is 5.41. The Morgan fingerprint density at radius 1 is 1.32 bits per heavy atom. The Hall–Kier alpha value is -2.49. The summed E-state index contributed by atoms with van der Waals surface area (Å²) in [6.45, 7) is 5.91. The van der Waals surface area contributed by atoms with Crippen LogP contribution in [0.25, 0.3) is 6.08 Å². The summed E-state index contributed by atoms with van der Waals surface area (Å²) in [5.41, 5.74) is 3.08. The molecular weight excluding hydrogens is 430 g/mol. The minimum absolute atomic E-state index is 0.0255. The molecule has 0 spiro atoms. The van der Waals surface area contributed by atoms with Gasteiger partial charge in [-0.25, -0.2) is 9.98 Å². The van der Waals surface area contributed by atoms with Crippen molar-refractivity contribution >= 4 is 57.0 Å². The fourth-order valence-corrected chi connectivity index (χ4v) is 5.20. The van der Waals surface area contributed by atoms with Crippen molar-refractivity contribution in [3.63, 3.8) is 0 Å². The molecule has 0 radical (unpaired) electrons. The first-order valence-electron chi connectivity index (χ1n) is 10.2. The number of rotatable bonds is 4. The lowest BCUT2D eigenvalue weighted by Gasteiger charge is -2.27. The van der Waals surface area contributed by atoms with E-state index in [1.54, 1.807) is 12.3 Å². The fourth-order valence-electron chi connectivity index (χ4n) is 3.54. The fraction of sp³-hybridized carbons (Fsp3) is 0.364. The third-order valence-electron chi connectivity index (χ3n) is 5.34. The van der Waals surface area contributed by atoms with Crippen LogP contribution in [-0.2, 0) is 9.59 Å². The SMILES string of the molecule is Cc1ccc(N=C2NC(=O)/C(=C/c3cnc(NC(=O)C4CCN(C)CC4)s3)S2)c(C)c1. The Balaban J connectivity index is 1.41. The van der Waals surface area contributed by atoms with Crippen molar-refractivity contribution in [2.45, 2.75) is 26.7 Å². The number of aromatic nitrogens is 1. The number of anilines is 1. The Morgan fingerprint density at radius 2 is 2.10 bits per heavy atom. The molecule has 2 aromatic rings. The van der Waals surface area contributed by atoms with Gasteiger partial charge in [0.05, 0.1) is 15.5 Å². The lowest BCUT2D eigenvalue weighted by molar-refractivity contribution is -0.121. The summed E-state index contributed by atoms with van der Waals surface area (Å²) in [7, 11) is 2.07. The van der Waals surface area contributed by atoms with Crippen LogP contribution in [0.15, 0.2) is 34.3 Å². The number of thioether (sulfide) groups is 1. The van der Waals surface area contributed by atoms with Crippen molar-refractivity contribution < 1.29 is 9.59 Å². The van der Waals surface area contributed by atoms with E-state index in [9.17, 15) is 9.59 Å². The molecule has 0 unspecified atom stereocenters. The number of likely N-dealkylation sites (tertiary alicyclic amines) is 1. The summed E-state index contributed by atoms with van der Waals surface area (Å²) in [5, 5.41) is 6.86. The van der Waals surface area contributed by atoms with Gasteiger partial charge < -0.3 is 15.5 Å². The van der Waals surface area contributed by atoms with Crippen molar-refractivity contribution in [3.05, 3.63) is 45.3 Å². The van der Waals surface area contributed by atoms with Gasteiger partial charge in [0.1, 0.15) is 0 Å². The van der Waals surface area contributed by atoms with Crippen molar-refractivity contribution in [2.75, 3.05) is 25.5 Å². The molecule has 0 saturated carbocycles. The highest BCUT2D eigenvalue weighted by Gasteiger charge is 2.26. The third-order valence-corrected chi connectivity index (χ3v) is 7.11. The quantitative estimate of drug-likeness (QED) is 0.682. The Morgan fingerprint density at radius 3 is 2.84 bits per heavy atom. The van der Waals surface area contributed by atoms with Crippen LogP contribution in [0.4, 0.5) is 10.8 Å². The van der Waals surface area contributed by atoms with Gasteiger partial charge in [0.2, 0.25) is 5.91 Å². The number of piperidine rings is 1. The Kier molecular flexibility index (Phi) is 6.54. The maximum Gasteiger partial charge on any atom is 0.264 e. The average Bonchev–Trinajstić information content (AvgIpc) is 3.31. The smallest absolute Gasteiger partial charge is 0.264 e. The minimum Gasteiger partial charge on any atom is -0.306 e. The molecule has 2 fully saturated rings. The number of hydrogen-bond acceptors (Lipinski definition) is 7. The van der Waals surface area contributed by atoms with Crippen LogP contribution in [0.1, 0.15) is 28.8 Å². The van der Waals surface area contributed by atoms with Crippen molar-refractivity contribution in [2.24, 2.45) is 10.9 Å². The predicted molar refractivity (Wildman–Crippen MR) is 128 cm³/mol. The highest BCUT2D eigenvalue weighted by Crippen LogP contribution is 2.31. The highest BCUT2D eigenvalue weighted by molar-refractivity contribution is 8.18. The second kappa shape index (κ2) is 9.33. The van der Waals surface area contributed by atoms with E-state index in [2.05, 4.69) is 38.6 Å². The zero-order chi connectivity index (χ0) is 22.0. The van der Waals surface area contributed by atoms with E-state index in [1.165, 1.54) is 28.7 Å². The first-order chi connectivity index (χ1) is 14.9. The Labute approximate surface area is 190 Å². The molecule has 1 aromatic carbocycles. The molecular formula is C22H25N5O2S2. The highest BCUT2D eigenvalue weighted by atomic mass is 32.2. The number of amides is 2. The molecule has 2 saturated heterocycles. The first-order valence-corrected chi connectivity index (χ1v) is 11.8. The largest absolute Gasteiger partial charge is 0.306 e. The van der Waals surface area contributed by atoms with Gasteiger partial charge in [-0.05, 0) is 76.3 Å². The van der Waals surface area contributed by atoms with Crippen molar-refractivity contribution in [1.82, 2.24) is 15.2 Å². The van der Waals surface area contributed by atoms with Gasteiger partial charge >= 0.3 is 0 Å². The molecule has 7 nitrogen and oxygen atoms in total. The number of thiazole rings is 1. The summed E-state index contributed by atoms with van der Waals surface area (Å²) in [4.78, 5) is 37.3. The molecule has 2 amide bonds. The van der Waals surface area contributed by atoms with Crippen LogP contribution in [0.5, 0.6) is 0 Å². The van der Waals surface area contributed by atoms with Crippen molar-refractivity contribution in [3.8, 4) is 0 Å². The topological polar surface area (TPSA) is 86.7 Å².